The summed E-state index contributed by atoms with van der Waals surface area (Å²) >= 11 is 0. The van der Waals surface area contributed by atoms with Crippen LogP contribution >= 0.6 is 0 Å². The molecule has 0 bridgehead atoms. The molecule has 0 aliphatic carbocycles. The number of benzene rings is 3. The van der Waals surface area contributed by atoms with Gasteiger partial charge in [0, 0.05) is 11.8 Å². The van der Waals surface area contributed by atoms with E-state index >= 15 is 0 Å². The van der Waals surface area contributed by atoms with Gasteiger partial charge in [-0.3, -0.25) is 4.79 Å². The molecule has 2 N–H and O–H groups in total. The van der Waals surface area contributed by atoms with Crippen molar-refractivity contribution in [2.75, 3.05) is 7.11 Å². The number of hydrogen-bond donors (Lipinski definition) is 2. The van der Waals surface area contributed by atoms with Gasteiger partial charge in [-0.2, -0.15) is 0 Å². The maximum absolute atomic E-state index is 13.2. The molecule has 0 fully saturated rings. The molecule has 0 aliphatic heterocycles. The summed E-state index contributed by atoms with van der Waals surface area (Å²) in [6.45, 7) is 1.91. The highest BCUT2D eigenvalue weighted by molar-refractivity contribution is 5.95. The summed E-state index contributed by atoms with van der Waals surface area (Å²) in [5.41, 5.74) is 3.64. The molecule has 6 nitrogen and oxygen atoms in total. The normalized spacial score (nSPS) is 12.7. The van der Waals surface area contributed by atoms with Crippen molar-refractivity contribution in [2.24, 2.45) is 0 Å². The number of carbonyl (C=O) groups is 1. The van der Waals surface area contributed by atoms with Gasteiger partial charge in [0.1, 0.15) is 11.9 Å². The van der Waals surface area contributed by atoms with Gasteiger partial charge in [-0.15, -0.1) is 0 Å². The molecule has 0 spiro atoms. The van der Waals surface area contributed by atoms with E-state index in [1.165, 1.54) is 0 Å². The van der Waals surface area contributed by atoms with Crippen molar-refractivity contribution in [2.45, 2.75) is 19.1 Å². The molecule has 0 radical (unpaired) electrons. The van der Waals surface area contributed by atoms with Gasteiger partial charge >= 0.3 is 0 Å². The predicted octanol–water partition coefficient (Wildman–Crippen LogP) is 4.39. The first kappa shape index (κ1) is 21.3. The van der Waals surface area contributed by atoms with Gasteiger partial charge in [0.15, 0.2) is 0 Å². The number of nitrogens with zero attached hydrogens (tertiary/aromatic N) is 2. The molecule has 0 saturated heterocycles. The zero-order valence-corrected chi connectivity index (χ0v) is 18.0. The van der Waals surface area contributed by atoms with Crippen molar-refractivity contribution in [3.8, 4) is 11.4 Å². The maximum Gasteiger partial charge on any atom is 0.252 e. The standard InChI is InChI=1S/C26H25N3O3/c1-18-16-29(17-27-18)22-14-13-21(15-23(22)32-2)26(31)28-24(19-9-5-3-6-10-19)25(30)20-11-7-4-8-12-20/h3-17,24-25,30H,1-2H3,(H,28,31). The molecule has 162 valence electrons. The van der Waals surface area contributed by atoms with Crippen LogP contribution in [0.15, 0.2) is 91.4 Å². The topological polar surface area (TPSA) is 76.4 Å². The van der Waals surface area contributed by atoms with Gasteiger partial charge < -0.3 is 19.7 Å². The third-order valence-electron chi connectivity index (χ3n) is 5.33. The molecule has 4 aromatic rings. The predicted molar refractivity (Wildman–Crippen MR) is 123 cm³/mol. The van der Waals surface area contributed by atoms with Crippen LogP contribution < -0.4 is 10.1 Å². The summed E-state index contributed by atoms with van der Waals surface area (Å²) in [4.78, 5) is 17.4. The Kier molecular flexibility index (Phi) is 6.33. The fourth-order valence-corrected chi connectivity index (χ4v) is 3.66. The second-order valence-electron chi connectivity index (χ2n) is 7.53. The Morgan fingerprint density at radius 1 is 1.00 bits per heavy atom. The number of rotatable bonds is 7. The summed E-state index contributed by atoms with van der Waals surface area (Å²) in [5, 5.41) is 14.1. The molecular formula is C26H25N3O3. The minimum absolute atomic E-state index is 0.305. The Bertz CT molecular complexity index is 1190. The Morgan fingerprint density at radius 2 is 1.66 bits per heavy atom. The zero-order valence-electron chi connectivity index (χ0n) is 18.0. The summed E-state index contributed by atoms with van der Waals surface area (Å²) in [7, 11) is 1.57. The lowest BCUT2D eigenvalue weighted by Gasteiger charge is -2.25. The van der Waals surface area contributed by atoms with E-state index in [1.807, 2.05) is 84.4 Å². The second-order valence-corrected chi connectivity index (χ2v) is 7.53. The highest BCUT2D eigenvalue weighted by atomic mass is 16.5. The SMILES string of the molecule is COc1cc(C(=O)NC(c2ccccc2)C(O)c2ccccc2)ccc1-n1cnc(C)c1. The highest BCUT2D eigenvalue weighted by Crippen LogP contribution is 2.30. The third kappa shape index (κ3) is 4.55. The first-order valence-electron chi connectivity index (χ1n) is 10.3. The van der Waals surface area contributed by atoms with E-state index in [9.17, 15) is 9.90 Å². The lowest BCUT2D eigenvalue weighted by molar-refractivity contribution is 0.0831. The Labute approximate surface area is 187 Å². The molecule has 2 atom stereocenters. The zero-order chi connectivity index (χ0) is 22.5. The van der Waals surface area contributed by atoms with E-state index in [4.69, 9.17) is 4.74 Å². The fraction of sp³-hybridized carbons (Fsp3) is 0.154. The number of aryl methyl sites for hydroxylation is 1. The minimum atomic E-state index is -0.905. The second kappa shape index (κ2) is 9.49. The number of aromatic nitrogens is 2. The van der Waals surface area contributed by atoms with E-state index in [2.05, 4.69) is 10.3 Å². The van der Waals surface area contributed by atoms with Crippen LogP contribution in [0.1, 0.15) is 39.3 Å². The fourth-order valence-electron chi connectivity index (χ4n) is 3.66. The molecule has 1 aromatic heterocycles. The highest BCUT2D eigenvalue weighted by Gasteiger charge is 2.25. The average Bonchev–Trinajstić information content (AvgIpc) is 3.28. The third-order valence-corrected chi connectivity index (χ3v) is 5.33. The number of imidazole rings is 1. The maximum atomic E-state index is 13.2. The molecule has 4 rings (SSSR count). The number of aliphatic hydroxyl groups excluding tert-OH is 1. The number of nitrogens with one attached hydrogen (secondary N) is 1. The van der Waals surface area contributed by atoms with Crippen molar-refractivity contribution >= 4 is 5.91 Å². The first-order valence-corrected chi connectivity index (χ1v) is 10.3. The van der Waals surface area contributed by atoms with Crippen LogP contribution in [0.2, 0.25) is 0 Å². The van der Waals surface area contributed by atoms with Crippen molar-refractivity contribution in [1.82, 2.24) is 14.9 Å². The van der Waals surface area contributed by atoms with Crippen LogP contribution in [0, 0.1) is 6.92 Å². The number of methoxy groups -OCH3 is 1. The van der Waals surface area contributed by atoms with E-state index in [0.29, 0.717) is 11.3 Å². The van der Waals surface area contributed by atoms with Gasteiger partial charge in [0.2, 0.25) is 0 Å². The van der Waals surface area contributed by atoms with Gasteiger partial charge in [-0.05, 0) is 36.2 Å². The van der Waals surface area contributed by atoms with Gasteiger partial charge in [0.25, 0.3) is 5.91 Å². The molecule has 6 heteroatoms. The van der Waals surface area contributed by atoms with Crippen LogP contribution in [0.25, 0.3) is 5.69 Å². The summed E-state index contributed by atoms with van der Waals surface area (Å²) < 4.78 is 7.38. The molecule has 2 unspecified atom stereocenters. The van der Waals surface area contributed by atoms with Crippen molar-refractivity contribution in [3.05, 3.63) is 114 Å². The number of ether oxygens (including phenoxy) is 1. The summed E-state index contributed by atoms with van der Waals surface area (Å²) in [5.74, 6) is 0.246. The van der Waals surface area contributed by atoms with E-state index in [-0.39, 0.29) is 5.91 Å². The van der Waals surface area contributed by atoms with Crippen LogP contribution in [-0.4, -0.2) is 27.7 Å². The van der Waals surface area contributed by atoms with Crippen LogP contribution in [0.5, 0.6) is 5.75 Å². The number of aliphatic hydroxyl groups is 1. The number of carbonyl (C=O) groups excluding carboxylic acids is 1. The van der Waals surface area contributed by atoms with E-state index < -0.39 is 12.1 Å². The summed E-state index contributed by atoms with van der Waals surface area (Å²) in [6.07, 6.45) is 2.69. The van der Waals surface area contributed by atoms with Crippen LogP contribution in [0.4, 0.5) is 0 Å². The Balaban J connectivity index is 1.63. The van der Waals surface area contributed by atoms with Crippen molar-refractivity contribution in [1.29, 1.82) is 0 Å². The van der Waals surface area contributed by atoms with Gasteiger partial charge in [-0.25, -0.2) is 4.98 Å². The monoisotopic (exact) mass is 427 g/mol. The lowest BCUT2D eigenvalue weighted by Crippen LogP contribution is -2.32. The molecule has 1 amide bonds. The van der Waals surface area contributed by atoms with Crippen molar-refractivity contribution < 1.29 is 14.6 Å². The Morgan fingerprint density at radius 3 is 2.25 bits per heavy atom. The quantitative estimate of drug-likeness (QED) is 0.459. The molecule has 0 saturated carbocycles. The molecule has 1 heterocycles. The van der Waals surface area contributed by atoms with Gasteiger partial charge in [-0.1, -0.05) is 60.7 Å². The number of hydrogen-bond acceptors (Lipinski definition) is 4. The average molecular weight is 428 g/mol. The molecular weight excluding hydrogens is 402 g/mol. The first-order chi connectivity index (χ1) is 15.6. The van der Waals surface area contributed by atoms with Crippen LogP contribution in [0.3, 0.4) is 0 Å². The van der Waals surface area contributed by atoms with E-state index in [0.717, 1.165) is 22.5 Å². The smallest absolute Gasteiger partial charge is 0.252 e. The lowest BCUT2D eigenvalue weighted by atomic mass is 9.95. The minimum Gasteiger partial charge on any atom is -0.495 e. The van der Waals surface area contributed by atoms with Crippen molar-refractivity contribution in [3.63, 3.8) is 0 Å². The molecule has 3 aromatic carbocycles. The molecule has 0 aliphatic rings. The number of amides is 1. The Hall–Kier alpha value is -3.90. The van der Waals surface area contributed by atoms with E-state index in [1.54, 1.807) is 25.6 Å². The largest absolute Gasteiger partial charge is 0.495 e. The summed E-state index contributed by atoms with van der Waals surface area (Å²) in [6, 6.07) is 23.4. The molecule has 32 heavy (non-hydrogen) atoms. The van der Waals surface area contributed by atoms with Crippen LogP contribution in [-0.2, 0) is 0 Å². The van der Waals surface area contributed by atoms with Gasteiger partial charge in [0.05, 0.1) is 30.9 Å².